The van der Waals surface area contributed by atoms with Gasteiger partial charge in [0, 0.05) is 0 Å². The van der Waals surface area contributed by atoms with E-state index in [2.05, 4.69) is 5.16 Å². The molecule has 1 rings (SSSR count). The average molecular weight is 237 g/mol. The number of nitrogens with zero attached hydrogens (tertiary/aromatic N) is 1. The molecule has 0 aliphatic rings. The summed E-state index contributed by atoms with van der Waals surface area (Å²) in [5.74, 6) is 0.688. The molecule has 94 valence electrons. The van der Waals surface area contributed by atoms with Gasteiger partial charge >= 0.3 is 0 Å². The summed E-state index contributed by atoms with van der Waals surface area (Å²) in [6, 6.07) is 7.20. The second kappa shape index (κ2) is 5.68. The van der Waals surface area contributed by atoms with Crippen LogP contribution in [0.25, 0.3) is 0 Å². The lowest BCUT2D eigenvalue weighted by atomic mass is 10.1. The molecular formula is C13H19NO3. The third-order valence-electron chi connectivity index (χ3n) is 2.73. The Morgan fingerprint density at radius 1 is 1.35 bits per heavy atom. The van der Waals surface area contributed by atoms with Crippen molar-refractivity contribution in [1.82, 2.24) is 0 Å². The molecule has 0 amide bonds. The van der Waals surface area contributed by atoms with Crippen molar-refractivity contribution in [3.05, 3.63) is 29.8 Å². The Labute approximate surface area is 102 Å². The van der Waals surface area contributed by atoms with Gasteiger partial charge in [-0.15, -0.1) is 0 Å². The predicted octanol–water partition coefficient (Wildman–Crippen LogP) is 2.42. The van der Waals surface area contributed by atoms with Crippen LogP contribution in [0.4, 0.5) is 0 Å². The molecule has 0 aromatic heterocycles. The molecule has 4 heteroatoms. The monoisotopic (exact) mass is 237 g/mol. The minimum absolute atomic E-state index is 0.260. The zero-order chi connectivity index (χ0) is 12.9. The van der Waals surface area contributed by atoms with E-state index >= 15 is 0 Å². The molecule has 0 aliphatic heterocycles. The van der Waals surface area contributed by atoms with Crippen molar-refractivity contribution in [3.63, 3.8) is 0 Å². The van der Waals surface area contributed by atoms with Gasteiger partial charge in [-0.25, -0.2) is 0 Å². The van der Waals surface area contributed by atoms with Gasteiger partial charge in [-0.05, 0) is 50.1 Å². The molecule has 0 spiro atoms. The van der Waals surface area contributed by atoms with Crippen molar-refractivity contribution in [2.75, 3.05) is 6.61 Å². The van der Waals surface area contributed by atoms with E-state index in [9.17, 15) is 5.11 Å². The summed E-state index contributed by atoms with van der Waals surface area (Å²) in [5, 5.41) is 21.5. The zero-order valence-electron chi connectivity index (χ0n) is 10.5. The first-order chi connectivity index (χ1) is 7.98. The highest BCUT2D eigenvalue weighted by molar-refractivity contribution is 5.98. The van der Waals surface area contributed by atoms with E-state index in [1.54, 1.807) is 26.0 Å². The molecule has 0 fully saturated rings. The van der Waals surface area contributed by atoms with Gasteiger partial charge in [-0.2, -0.15) is 0 Å². The molecule has 0 saturated carbocycles. The fourth-order valence-corrected chi connectivity index (χ4v) is 1.19. The molecule has 2 N–H and O–H groups in total. The molecule has 0 bridgehead atoms. The maximum atomic E-state index is 9.79. The first-order valence-corrected chi connectivity index (χ1v) is 5.63. The van der Waals surface area contributed by atoms with Gasteiger partial charge in [0.2, 0.25) is 0 Å². The fraction of sp³-hybridized carbons (Fsp3) is 0.462. The largest absolute Gasteiger partial charge is 0.491 e. The van der Waals surface area contributed by atoms with Crippen LogP contribution in [0.2, 0.25) is 0 Å². The van der Waals surface area contributed by atoms with Crippen LogP contribution >= 0.6 is 0 Å². The molecule has 17 heavy (non-hydrogen) atoms. The number of hydrogen-bond acceptors (Lipinski definition) is 4. The van der Waals surface area contributed by atoms with Crippen molar-refractivity contribution in [2.45, 2.75) is 32.8 Å². The van der Waals surface area contributed by atoms with E-state index in [1.807, 2.05) is 19.1 Å². The molecule has 0 heterocycles. The third-order valence-corrected chi connectivity index (χ3v) is 2.73. The number of ether oxygens (including phenoxy) is 1. The molecular weight excluding hydrogens is 218 g/mol. The summed E-state index contributed by atoms with van der Waals surface area (Å²) < 4.78 is 5.48. The van der Waals surface area contributed by atoms with Crippen molar-refractivity contribution in [3.8, 4) is 5.75 Å². The summed E-state index contributed by atoms with van der Waals surface area (Å²) >= 11 is 0. The van der Waals surface area contributed by atoms with Crippen molar-refractivity contribution >= 4 is 5.71 Å². The number of oxime groups is 1. The van der Waals surface area contributed by atoms with Crippen molar-refractivity contribution in [1.29, 1.82) is 0 Å². The van der Waals surface area contributed by atoms with Crippen LogP contribution in [-0.2, 0) is 0 Å². The average Bonchev–Trinajstić information content (AvgIpc) is 2.36. The summed E-state index contributed by atoms with van der Waals surface area (Å²) in [6.07, 6.45) is 0.640. The van der Waals surface area contributed by atoms with Crippen LogP contribution in [0.3, 0.4) is 0 Å². The molecule has 1 aromatic rings. The Morgan fingerprint density at radius 3 is 2.41 bits per heavy atom. The Bertz CT molecular complexity index is 382. The van der Waals surface area contributed by atoms with Crippen LogP contribution in [0, 0.1) is 0 Å². The Morgan fingerprint density at radius 2 is 1.94 bits per heavy atom. The van der Waals surface area contributed by atoms with Crippen molar-refractivity contribution in [2.24, 2.45) is 5.16 Å². The van der Waals surface area contributed by atoms with Crippen LogP contribution in [0.15, 0.2) is 29.4 Å². The fourth-order valence-electron chi connectivity index (χ4n) is 1.19. The van der Waals surface area contributed by atoms with E-state index < -0.39 is 5.60 Å². The van der Waals surface area contributed by atoms with E-state index in [4.69, 9.17) is 9.94 Å². The second-order valence-corrected chi connectivity index (χ2v) is 4.35. The number of rotatable bonds is 5. The Kier molecular flexibility index (Phi) is 4.52. The molecule has 1 atom stereocenters. The molecule has 0 radical (unpaired) electrons. The van der Waals surface area contributed by atoms with Gasteiger partial charge in [0.25, 0.3) is 0 Å². The van der Waals surface area contributed by atoms with Gasteiger partial charge in [0.15, 0.2) is 0 Å². The van der Waals surface area contributed by atoms with Crippen LogP contribution in [0.5, 0.6) is 5.75 Å². The summed E-state index contributed by atoms with van der Waals surface area (Å²) in [6.45, 7) is 5.63. The minimum Gasteiger partial charge on any atom is -0.491 e. The summed E-state index contributed by atoms with van der Waals surface area (Å²) in [4.78, 5) is 0. The van der Waals surface area contributed by atoms with Gasteiger partial charge in [-0.3, -0.25) is 0 Å². The quantitative estimate of drug-likeness (QED) is 0.469. The standard InChI is InChI=1S/C13H19NO3/c1-4-13(3,15)9-17-12-7-5-11(6-8-12)10(2)14-16/h5-8,15-16H,4,9H2,1-3H3/b14-10+. The summed E-state index contributed by atoms with van der Waals surface area (Å²) in [5.41, 5.74) is 0.584. The second-order valence-electron chi connectivity index (χ2n) is 4.35. The maximum Gasteiger partial charge on any atom is 0.119 e. The first kappa shape index (κ1) is 13.5. The molecule has 1 aromatic carbocycles. The van der Waals surface area contributed by atoms with Crippen LogP contribution < -0.4 is 4.74 Å². The van der Waals surface area contributed by atoms with Gasteiger partial charge in [0.05, 0.1) is 11.3 Å². The molecule has 0 saturated heterocycles. The highest BCUT2D eigenvalue weighted by Gasteiger charge is 2.18. The molecule has 4 nitrogen and oxygen atoms in total. The smallest absolute Gasteiger partial charge is 0.119 e. The number of hydrogen-bond donors (Lipinski definition) is 2. The number of aliphatic hydroxyl groups is 1. The van der Waals surface area contributed by atoms with Gasteiger partial charge in [0.1, 0.15) is 12.4 Å². The lowest BCUT2D eigenvalue weighted by Gasteiger charge is -2.21. The molecule has 0 aliphatic carbocycles. The van der Waals surface area contributed by atoms with Crippen molar-refractivity contribution < 1.29 is 15.1 Å². The Balaban J connectivity index is 2.63. The highest BCUT2D eigenvalue weighted by Crippen LogP contribution is 2.16. The predicted molar refractivity (Wildman–Crippen MR) is 66.8 cm³/mol. The van der Waals surface area contributed by atoms with Crippen LogP contribution in [-0.4, -0.2) is 28.2 Å². The van der Waals surface area contributed by atoms with Gasteiger partial charge < -0.3 is 15.1 Å². The maximum absolute atomic E-state index is 9.79. The molecule has 1 unspecified atom stereocenters. The third kappa shape index (κ3) is 4.07. The zero-order valence-corrected chi connectivity index (χ0v) is 10.5. The lowest BCUT2D eigenvalue weighted by molar-refractivity contribution is 0.00847. The van der Waals surface area contributed by atoms with E-state index in [0.29, 0.717) is 17.9 Å². The number of benzene rings is 1. The topological polar surface area (TPSA) is 62.0 Å². The lowest BCUT2D eigenvalue weighted by Crippen LogP contribution is -2.31. The van der Waals surface area contributed by atoms with E-state index in [1.165, 1.54) is 0 Å². The normalized spacial score (nSPS) is 15.4. The Hall–Kier alpha value is -1.55. The summed E-state index contributed by atoms with van der Waals surface area (Å²) in [7, 11) is 0. The van der Waals surface area contributed by atoms with Gasteiger partial charge in [-0.1, -0.05) is 12.1 Å². The van der Waals surface area contributed by atoms with E-state index in [0.717, 1.165) is 5.56 Å². The minimum atomic E-state index is -0.804. The van der Waals surface area contributed by atoms with E-state index in [-0.39, 0.29) is 6.61 Å². The first-order valence-electron chi connectivity index (χ1n) is 5.63. The van der Waals surface area contributed by atoms with Crippen LogP contribution in [0.1, 0.15) is 32.8 Å². The SMILES string of the molecule is CCC(C)(O)COc1ccc(/C(C)=N/O)cc1. The highest BCUT2D eigenvalue weighted by atomic mass is 16.5.